The van der Waals surface area contributed by atoms with Gasteiger partial charge in [-0.2, -0.15) is 0 Å². The van der Waals surface area contributed by atoms with Crippen molar-refractivity contribution >= 4 is 35.0 Å². The molecule has 0 spiro atoms. The van der Waals surface area contributed by atoms with Gasteiger partial charge in [-0.3, -0.25) is 4.79 Å². The second-order valence-corrected chi connectivity index (χ2v) is 4.45. The number of esters is 1. The molecule has 0 unspecified atom stereocenters. The summed E-state index contributed by atoms with van der Waals surface area (Å²) in [4.78, 5) is 30.7. The van der Waals surface area contributed by atoms with Crippen molar-refractivity contribution in [1.29, 1.82) is 0 Å². The zero-order chi connectivity index (χ0) is 16.1. The molecule has 114 valence electrons. The summed E-state index contributed by atoms with van der Waals surface area (Å²) in [6.07, 6.45) is 2.58. The average Bonchev–Trinajstić information content (AvgIpc) is 2.48. The van der Waals surface area contributed by atoms with Crippen molar-refractivity contribution < 1.29 is 18.7 Å². The van der Waals surface area contributed by atoms with Crippen molar-refractivity contribution in [2.45, 2.75) is 0 Å². The second kappa shape index (κ2) is 6.81. The maximum absolute atomic E-state index is 12.9. The van der Waals surface area contributed by atoms with E-state index in [0.717, 1.165) is 12.1 Å². The number of hydrogen-bond donors (Lipinski definition) is 2. The third-order valence-electron chi connectivity index (χ3n) is 2.46. The highest BCUT2D eigenvalue weighted by molar-refractivity contribution is 6.33. The van der Waals surface area contributed by atoms with Crippen molar-refractivity contribution in [2.24, 2.45) is 0 Å². The largest absolute Gasteiger partial charge is 0.451 e. The van der Waals surface area contributed by atoms with E-state index < -0.39 is 24.3 Å². The molecule has 22 heavy (non-hydrogen) atoms. The van der Waals surface area contributed by atoms with Crippen LogP contribution in [-0.4, -0.2) is 28.5 Å². The number of amides is 1. The molecule has 1 aromatic carbocycles. The molecule has 1 heterocycles. The summed E-state index contributed by atoms with van der Waals surface area (Å²) < 4.78 is 17.6. The Kier molecular flexibility index (Phi) is 4.84. The zero-order valence-electron chi connectivity index (χ0n) is 11.0. The first kappa shape index (κ1) is 15.6. The van der Waals surface area contributed by atoms with Gasteiger partial charge in [-0.15, -0.1) is 0 Å². The third-order valence-corrected chi connectivity index (χ3v) is 2.77. The summed E-state index contributed by atoms with van der Waals surface area (Å²) >= 11 is 5.76. The maximum atomic E-state index is 12.9. The molecule has 0 atom stereocenters. The minimum atomic E-state index is -0.883. The van der Waals surface area contributed by atoms with E-state index in [4.69, 9.17) is 22.1 Å². The Morgan fingerprint density at radius 1 is 1.32 bits per heavy atom. The van der Waals surface area contributed by atoms with E-state index in [1.807, 2.05) is 0 Å². The van der Waals surface area contributed by atoms with Gasteiger partial charge in [0.15, 0.2) is 18.1 Å². The van der Waals surface area contributed by atoms with E-state index in [2.05, 4.69) is 15.3 Å². The predicted octanol–water partition coefficient (Wildman–Crippen LogP) is 1.65. The highest BCUT2D eigenvalue weighted by atomic mass is 35.5. The standard InChI is InChI=1S/C13H10ClFN4O3/c14-8-5-7(15)1-2-9(8)19-10(20)6-22-13(21)11-12(16)18-4-3-17-11/h1-5H,6H2,(H2,16,18)(H,19,20). The van der Waals surface area contributed by atoms with E-state index in [1.54, 1.807) is 0 Å². The molecule has 0 radical (unpaired) electrons. The highest BCUT2D eigenvalue weighted by Gasteiger charge is 2.15. The Morgan fingerprint density at radius 2 is 2.05 bits per heavy atom. The van der Waals surface area contributed by atoms with Crippen LogP contribution in [0.25, 0.3) is 0 Å². The van der Waals surface area contributed by atoms with E-state index >= 15 is 0 Å². The summed E-state index contributed by atoms with van der Waals surface area (Å²) in [5.74, 6) is -2.17. The lowest BCUT2D eigenvalue weighted by molar-refractivity contribution is -0.119. The molecular formula is C13H10ClFN4O3. The lowest BCUT2D eigenvalue weighted by Crippen LogP contribution is -2.22. The van der Waals surface area contributed by atoms with Gasteiger partial charge in [0.25, 0.3) is 5.91 Å². The number of carbonyl (C=O) groups excluding carboxylic acids is 2. The summed E-state index contributed by atoms with van der Waals surface area (Å²) in [6.45, 7) is -0.581. The number of aromatic nitrogens is 2. The monoisotopic (exact) mass is 324 g/mol. The van der Waals surface area contributed by atoms with Crippen molar-refractivity contribution in [3.63, 3.8) is 0 Å². The van der Waals surface area contributed by atoms with Crippen LogP contribution < -0.4 is 11.1 Å². The molecule has 0 saturated carbocycles. The SMILES string of the molecule is Nc1nccnc1C(=O)OCC(=O)Nc1ccc(F)cc1Cl. The summed E-state index contributed by atoms with van der Waals surface area (Å²) in [5, 5.41) is 2.40. The molecule has 0 aliphatic heterocycles. The highest BCUT2D eigenvalue weighted by Crippen LogP contribution is 2.22. The molecule has 2 aromatic rings. The molecule has 0 saturated heterocycles. The van der Waals surface area contributed by atoms with Gasteiger partial charge in [0.1, 0.15) is 5.82 Å². The predicted molar refractivity (Wildman–Crippen MR) is 76.8 cm³/mol. The molecule has 0 aliphatic carbocycles. The van der Waals surface area contributed by atoms with Crippen LogP contribution in [0, 0.1) is 5.82 Å². The minimum Gasteiger partial charge on any atom is -0.451 e. The molecule has 7 nitrogen and oxygen atoms in total. The Balaban J connectivity index is 1.93. The van der Waals surface area contributed by atoms with Gasteiger partial charge < -0.3 is 15.8 Å². The lowest BCUT2D eigenvalue weighted by Gasteiger charge is -2.08. The number of nitrogens with zero attached hydrogens (tertiary/aromatic N) is 2. The first-order valence-corrected chi connectivity index (χ1v) is 6.33. The van der Waals surface area contributed by atoms with E-state index in [1.165, 1.54) is 18.5 Å². The Morgan fingerprint density at radius 3 is 2.73 bits per heavy atom. The first-order chi connectivity index (χ1) is 10.5. The van der Waals surface area contributed by atoms with Crippen molar-refractivity contribution in [1.82, 2.24) is 9.97 Å². The van der Waals surface area contributed by atoms with Crippen LogP contribution in [0.1, 0.15) is 10.5 Å². The van der Waals surface area contributed by atoms with Crippen LogP contribution in [0.2, 0.25) is 5.02 Å². The van der Waals surface area contributed by atoms with Crippen LogP contribution in [0.15, 0.2) is 30.6 Å². The van der Waals surface area contributed by atoms with E-state index in [0.29, 0.717) is 0 Å². The Hall–Kier alpha value is -2.74. The number of anilines is 2. The van der Waals surface area contributed by atoms with Crippen molar-refractivity contribution in [3.05, 3.63) is 47.1 Å². The third kappa shape index (κ3) is 3.89. The van der Waals surface area contributed by atoms with Crippen molar-refractivity contribution in [3.8, 4) is 0 Å². The van der Waals surface area contributed by atoms with Crippen LogP contribution >= 0.6 is 11.6 Å². The number of nitrogens with two attached hydrogens (primary N) is 1. The average molecular weight is 325 g/mol. The maximum Gasteiger partial charge on any atom is 0.361 e. The van der Waals surface area contributed by atoms with Crippen LogP contribution in [-0.2, 0) is 9.53 Å². The normalized spacial score (nSPS) is 10.1. The number of ether oxygens (including phenoxy) is 1. The Labute approximate surface area is 129 Å². The van der Waals surface area contributed by atoms with Crippen LogP contribution in [0.3, 0.4) is 0 Å². The van der Waals surface area contributed by atoms with Gasteiger partial charge in [0.05, 0.1) is 10.7 Å². The molecule has 2 rings (SSSR count). The zero-order valence-corrected chi connectivity index (χ0v) is 11.8. The van der Waals surface area contributed by atoms with Gasteiger partial charge in [0, 0.05) is 12.4 Å². The molecule has 3 N–H and O–H groups in total. The second-order valence-electron chi connectivity index (χ2n) is 4.04. The van der Waals surface area contributed by atoms with Crippen molar-refractivity contribution in [2.75, 3.05) is 17.7 Å². The number of carbonyl (C=O) groups is 2. The van der Waals surface area contributed by atoms with Gasteiger partial charge >= 0.3 is 5.97 Å². The minimum absolute atomic E-state index is 0.0258. The van der Waals surface area contributed by atoms with Gasteiger partial charge in [-0.25, -0.2) is 19.2 Å². The number of nitrogen functional groups attached to an aromatic ring is 1. The topological polar surface area (TPSA) is 107 Å². The molecule has 1 aromatic heterocycles. The number of halogens is 2. The van der Waals surface area contributed by atoms with Gasteiger partial charge in [-0.1, -0.05) is 11.6 Å². The van der Waals surface area contributed by atoms with E-state index in [-0.39, 0.29) is 22.2 Å². The number of rotatable bonds is 4. The molecule has 0 bridgehead atoms. The first-order valence-electron chi connectivity index (χ1n) is 5.96. The quantitative estimate of drug-likeness (QED) is 0.828. The molecular weight excluding hydrogens is 315 g/mol. The fraction of sp³-hybridized carbons (Fsp3) is 0.0769. The molecule has 9 heteroatoms. The fourth-order valence-electron chi connectivity index (χ4n) is 1.48. The Bertz CT molecular complexity index is 726. The number of hydrogen-bond acceptors (Lipinski definition) is 6. The summed E-state index contributed by atoms with van der Waals surface area (Å²) in [6, 6.07) is 3.47. The van der Waals surface area contributed by atoms with Crippen LogP contribution in [0.5, 0.6) is 0 Å². The lowest BCUT2D eigenvalue weighted by atomic mass is 10.3. The summed E-state index contributed by atoms with van der Waals surface area (Å²) in [5.41, 5.74) is 5.47. The molecule has 1 amide bonds. The van der Waals surface area contributed by atoms with E-state index in [9.17, 15) is 14.0 Å². The summed E-state index contributed by atoms with van der Waals surface area (Å²) in [7, 11) is 0. The number of nitrogens with one attached hydrogen (secondary N) is 1. The van der Waals surface area contributed by atoms with Gasteiger partial charge in [-0.05, 0) is 18.2 Å². The molecule has 0 aliphatic rings. The van der Waals surface area contributed by atoms with Crippen LogP contribution in [0.4, 0.5) is 15.9 Å². The smallest absolute Gasteiger partial charge is 0.361 e. The number of benzene rings is 1. The molecule has 0 fully saturated rings. The van der Waals surface area contributed by atoms with Gasteiger partial charge in [0.2, 0.25) is 0 Å². The fourth-order valence-corrected chi connectivity index (χ4v) is 1.70.